The first-order valence-electron chi connectivity index (χ1n) is 6.21. The van der Waals surface area contributed by atoms with Gasteiger partial charge in [-0.15, -0.1) is 0 Å². The van der Waals surface area contributed by atoms with E-state index in [0.717, 1.165) is 17.5 Å². The van der Waals surface area contributed by atoms with E-state index >= 15 is 0 Å². The molecule has 0 aliphatic heterocycles. The average molecular weight is 311 g/mol. The molecule has 0 aliphatic carbocycles. The summed E-state index contributed by atoms with van der Waals surface area (Å²) in [6.07, 6.45) is 2.23. The molecule has 20 heavy (non-hydrogen) atoms. The lowest BCUT2D eigenvalue weighted by atomic mass is 10.1. The molecule has 0 radical (unpaired) electrons. The van der Waals surface area contributed by atoms with Crippen LogP contribution in [0.3, 0.4) is 0 Å². The topological polar surface area (TPSA) is 59.1 Å². The van der Waals surface area contributed by atoms with E-state index in [2.05, 4.69) is 9.71 Å². The molecule has 0 unspecified atom stereocenters. The van der Waals surface area contributed by atoms with Crippen LogP contribution < -0.4 is 4.72 Å². The minimum absolute atomic E-state index is 0.117. The van der Waals surface area contributed by atoms with E-state index in [0.29, 0.717) is 0 Å². The molecule has 4 nitrogen and oxygen atoms in total. The summed E-state index contributed by atoms with van der Waals surface area (Å²) in [6.45, 7) is 2.29. The SMILES string of the molecule is CCc1ccccc1CNS(=O)(=O)c1ccnc(Cl)c1. The Morgan fingerprint density at radius 1 is 1.20 bits per heavy atom. The van der Waals surface area contributed by atoms with E-state index in [4.69, 9.17) is 11.6 Å². The van der Waals surface area contributed by atoms with Gasteiger partial charge < -0.3 is 0 Å². The molecule has 1 aromatic carbocycles. The summed E-state index contributed by atoms with van der Waals surface area (Å²) < 4.78 is 26.9. The maximum Gasteiger partial charge on any atom is 0.241 e. The van der Waals surface area contributed by atoms with E-state index < -0.39 is 10.0 Å². The normalized spacial score (nSPS) is 11.5. The number of nitrogens with one attached hydrogen (secondary N) is 1. The molecular weight excluding hydrogens is 296 g/mol. The first-order valence-corrected chi connectivity index (χ1v) is 8.07. The molecule has 0 spiro atoms. The summed E-state index contributed by atoms with van der Waals surface area (Å²) in [4.78, 5) is 3.89. The van der Waals surface area contributed by atoms with Crippen LogP contribution in [0.2, 0.25) is 5.15 Å². The highest BCUT2D eigenvalue weighted by Gasteiger charge is 2.14. The molecule has 0 fully saturated rings. The highest BCUT2D eigenvalue weighted by atomic mass is 35.5. The number of nitrogens with zero attached hydrogens (tertiary/aromatic N) is 1. The van der Waals surface area contributed by atoms with Crippen molar-refractivity contribution in [2.45, 2.75) is 24.8 Å². The molecule has 2 rings (SSSR count). The fraction of sp³-hybridized carbons (Fsp3) is 0.214. The van der Waals surface area contributed by atoms with E-state index in [1.54, 1.807) is 0 Å². The van der Waals surface area contributed by atoms with E-state index in [1.165, 1.54) is 18.3 Å². The Balaban J connectivity index is 2.17. The molecule has 2 aromatic rings. The number of aromatic nitrogens is 1. The standard InChI is InChI=1S/C14H15ClN2O2S/c1-2-11-5-3-4-6-12(11)10-17-20(18,19)13-7-8-16-14(15)9-13/h3-9,17H,2,10H2,1H3. The molecule has 0 atom stereocenters. The average Bonchev–Trinajstić information content (AvgIpc) is 2.45. The second-order valence-electron chi connectivity index (χ2n) is 4.26. The molecule has 1 aromatic heterocycles. The highest BCUT2D eigenvalue weighted by molar-refractivity contribution is 7.89. The van der Waals surface area contributed by atoms with Crippen LogP contribution in [0.1, 0.15) is 18.1 Å². The van der Waals surface area contributed by atoms with Crippen LogP contribution in [0, 0.1) is 0 Å². The largest absolute Gasteiger partial charge is 0.244 e. The van der Waals surface area contributed by atoms with Crippen LogP contribution in [-0.2, 0) is 23.0 Å². The van der Waals surface area contributed by atoms with E-state index in [9.17, 15) is 8.42 Å². The number of benzene rings is 1. The van der Waals surface area contributed by atoms with Crippen molar-refractivity contribution in [3.63, 3.8) is 0 Å². The van der Waals surface area contributed by atoms with Crippen molar-refractivity contribution in [3.8, 4) is 0 Å². The van der Waals surface area contributed by atoms with Gasteiger partial charge in [-0.3, -0.25) is 0 Å². The van der Waals surface area contributed by atoms with Crippen molar-refractivity contribution < 1.29 is 8.42 Å². The Labute approximate surface area is 123 Å². The molecule has 0 saturated carbocycles. The number of rotatable bonds is 5. The van der Waals surface area contributed by atoms with Crippen LogP contribution in [0.5, 0.6) is 0 Å². The van der Waals surface area contributed by atoms with Crippen LogP contribution >= 0.6 is 11.6 Å². The molecule has 106 valence electrons. The Hall–Kier alpha value is -1.43. The van der Waals surface area contributed by atoms with Gasteiger partial charge in [0.25, 0.3) is 0 Å². The van der Waals surface area contributed by atoms with Crippen LogP contribution in [0.15, 0.2) is 47.5 Å². The van der Waals surface area contributed by atoms with Gasteiger partial charge in [-0.05, 0) is 29.7 Å². The lowest BCUT2D eigenvalue weighted by Crippen LogP contribution is -2.23. The lowest BCUT2D eigenvalue weighted by molar-refractivity contribution is 0.581. The van der Waals surface area contributed by atoms with Gasteiger partial charge in [0, 0.05) is 12.7 Å². The molecule has 0 bridgehead atoms. The zero-order chi connectivity index (χ0) is 14.6. The zero-order valence-corrected chi connectivity index (χ0v) is 12.6. The molecule has 0 aliphatic rings. The van der Waals surface area contributed by atoms with Gasteiger partial charge >= 0.3 is 0 Å². The van der Waals surface area contributed by atoms with E-state index in [1.807, 2.05) is 31.2 Å². The van der Waals surface area contributed by atoms with Gasteiger partial charge in [0.1, 0.15) is 5.15 Å². The third-order valence-corrected chi connectivity index (χ3v) is 4.57. The summed E-state index contributed by atoms with van der Waals surface area (Å²) >= 11 is 5.71. The quantitative estimate of drug-likeness (QED) is 0.864. The summed E-state index contributed by atoms with van der Waals surface area (Å²) in [5, 5.41) is 0.154. The number of pyridine rings is 1. The number of aryl methyl sites for hydroxylation is 1. The Bertz CT molecular complexity index is 702. The maximum absolute atomic E-state index is 12.2. The van der Waals surface area contributed by atoms with Crippen molar-refractivity contribution in [1.29, 1.82) is 0 Å². The van der Waals surface area contributed by atoms with Gasteiger partial charge in [-0.1, -0.05) is 42.8 Å². The smallest absolute Gasteiger partial charge is 0.241 e. The highest BCUT2D eigenvalue weighted by Crippen LogP contribution is 2.14. The third kappa shape index (κ3) is 3.56. The van der Waals surface area contributed by atoms with Crippen molar-refractivity contribution in [2.24, 2.45) is 0 Å². The van der Waals surface area contributed by atoms with Gasteiger partial charge in [-0.25, -0.2) is 18.1 Å². The third-order valence-electron chi connectivity index (χ3n) is 2.96. The second kappa shape index (κ2) is 6.35. The zero-order valence-electron chi connectivity index (χ0n) is 11.0. The molecular formula is C14H15ClN2O2S. The van der Waals surface area contributed by atoms with Crippen LogP contribution in [0.4, 0.5) is 0 Å². The van der Waals surface area contributed by atoms with Crippen LogP contribution in [0.25, 0.3) is 0 Å². The first-order chi connectivity index (χ1) is 9.53. The fourth-order valence-corrected chi connectivity index (χ4v) is 3.14. The fourth-order valence-electron chi connectivity index (χ4n) is 1.88. The Morgan fingerprint density at radius 2 is 1.90 bits per heavy atom. The number of hydrogen-bond acceptors (Lipinski definition) is 3. The molecule has 0 amide bonds. The number of halogens is 1. The second-order valence-corrected chi connectivity index (χ2v) is 6.42. The van der Waals surface area contributed by atoms with Gasteiger partial charge in [0.05, 0.1) is 4.90 Å². The Kier molecular flexibility index (Phi) is 4.75. The molecule has 6 heteroatoms. The summed E-state index contributed by atoms with van der Waals surface area (Å²) in [5.41, 5.74) is 2.10. The monoisotopic (exact) mass is 310 g/mol. The maximum atomic E-state index is 12.2. The molecule has 1 N–H and O–H groups in total. The number of sulfonamides is 1. The van der Waals surface area contributed by atoms with Crippen molar-refractivity contribution in [1.82, 2.24) is 9.71 Å². The molecule has 1 heterocycles. The predicted octanol–water partition coefficient (Wildman–Crippen LogP) is 2.78. The summed E-state index contributed by atoms with van der Waals surface area (Å²) in [5.74, 6) is 0. The van der Waals surface area contributed by atoms with Crippen LogP contribution in [-0.4, -0.2) is 13.4 Å². The van der Waals surface area contributed by atoms with E-state index in [-0.39, 0.29) is 16.6 Å². The minimum atomic E-state index is -3.58. The first kappa shape index (κ1) is 15.0. The van der Waals surface area contributed by atoms with Gasteiger partial charge in [-0.2, -0.15) is 0 Å². The summed E-state index contributed by atoms with van der Waals surface area (Å²) in [6, 6.07) is 10.5. The van der Waals surface area contributed by atoms with Crippen molar-refractivity contribution >= 4 is 21.6 Å². The lowest BCUT2D eigenvalue weighted by Gasteiger charge is -2.10. The molecule has 0 saturated heterocycles. The summed E-state index contributed by atoms with van der Waals surface area (Å²) in [7, 11) is -3.58. The van der Waals surface area contributed by atoms with Gasteiger partial charge in [0.2, 0.25) is 10.0 Å². The number of hydrogen-bond donors (Lipinski definition) is 1. The van der Waals surface area contributed by atoms with Crippen molar-refractivity contribution in [3.05, 3.63) is 58.9 Å². The van der Waals surface area contributed by atoms with Gasteiger partial charge in [0.15, 0.2) is 0 Å². The predicted molar refractivity (Wildman–Crippen MR) is 79.1 cm³/mol. The van der Waals surface area contributed by atoms with Crippen molar-refractivity contribution in [2.75, 3.05) is 0 Å². The Morgan fingerprint density at radius 3 is 2.55 bits per heavy atom. The minimum Gasteiger partial charge on any atom is -0.244 e.